The van der Waals surface area contributed by atoms with Crippen molar-refractivity contribution in [1.82, 2.24) is 14.9 Å². The number of nitrogens with one attached hydrogen (secondary N) is 1. The smallest absolute Gasteiger partial charge is 0.112 e. The summed E-state index contributed by atoms with van der Waals surface area (Å²) in [6.07, 6.45) is 6.14. The Kier molecular flexibility index (Phi) is 2.71. The summed E-state index contributed by atoms with van der Waals surface area (Å²) in [6, 6.07) is 0. The van der Waals surface area contributed by atoms with E-state index in [4.69, 9.17) is 9.72 Å². The van der Waals surface area contributed by atoms with Gasteiger partial charge in [-0.25, -0.2) is 4.98 Å². The van der Waals surface area contributed by atoms with Gasteiger partial charge in [-0.1, -0.05) is 0 Å². The minimum Gasteiger partial charge on any atom is -0.373 e. The third kappa shape index (κ3) is 2.11. The van der Waals surface area contributed by atoms with Crippen LogP contribution in [0.3, 0.4) is 0 Å². The molecule has 0 aromatic carbocycles. The Hall–Kier alpha value is -0.870. The van der Waals surface area contributed by atoms with Gasteiger partial charge in [-0.15, -0.1) is 0 Å². The lowest BCUT2D eigenvalue weighted by Crippen LogP contribution is -2.32. The van der Waals surface area contributed by atoms with Gasteiger partial charge in [0.1, 0.15) is 5.82 Å². The Labute approximate surface area is 114 Å². The van der Waals surface area contributed by atoms with Gasteiger partial charge in [0.25, 0.3) is 0 Å². The van der Waals surface area contributed by atoms with Crippen molar-refractivity contribution in [3.8, 4) is 0 Å². The standard InChI is InChI=1S/C15H23N3O/c1-15(6-2-8-19-15)10-18-13-5-7-16-9-12(13)17-14(18)11-3-4-11/h11,16H,2-10H2,1H3. The van der Waals surface area contributed by atoms with Crippen molar-refractivity contribution in [3.05, 3.63) is 17.2 Å². The summed E-state index contributed by atoms with van der Waals surface area (Å²) in [5.74, 6) is 2.06. The number of rotatable bonds is 3. The van der Waals surface area contributed by atoms with E-state index in [1.54, 1.807) is 0 Å². The number of hydrogen-bond acceptors (Lipinski definition) is 3. The Balaban J connectivity index is 1.70. The first-order valence-electron chi connectivity index (χ1n) is 7.68. The second-order valence-electron chi connectivity index (χ2n) is 6.55. The monoisotopic (exact) mass is 261 g/mol. The molecule has 3 heterocycles. The molecule has 0 amide bonds. The molecule has 19 heavy (non-hydrogen) atoms. The minimum atomic E-state index is 0.0307. The fourth-order valence-electron chi connectivity index (χ4n) is 3.52. The van der Waals surface area contributed by atoms with Crippen molar-refractivity contribution in [1.29, 1.82) is 0 Å². The quantitative estimate of drug-likeness (QED) is 0.904. The average molecular weight is 261 g/mol. The van der Waals surface area contributed by atoms with Gasteiger partial charge < -0.3 is 14.6 Å². The highest BCUT2D eigenvalue weighted by Crippen LogP contribution is 2.41. The zero-order valence-corrected chi connectivity index (χ0v) is 11.7. The highest BCUT2D eigenvalue weighted by Gasteiger charge is 2.36. The van der Waals surface area contributed by atoms with Gasteiger partial charge in [-0.05, 0) is 32.6 Å². The molecule has 1 aliphatic carbocycles. The molecule has 1 aromatic heterocycles. The van der Waals surface area contributed by atoms with Crippen molar-refractivity contribution in [3.63, 3.8) is 0 Å². The van der Waals surface area contributed by atoms with Crippen LogP contribution < -0.4 is 5.32 Å². The van der Waals surface area contributed by atoms with Crippen LogP contribution in [0.15, 0.2) is 0 Å². The van der Waals surface area contributed by atoms with Crippen molar-refractivity contribution in [2.45, 2.75) is 63.6 Å². The van der Waals surface area contributed by atoms with Gasteiger partial charge in [0, 0.05) is 37.7 Å². The second kappa shape index (κ2) is 4.32. The molecule has 2 aliphatic heterocycles. The lowest BCUT2D eigenvalue weighted by atomic mass is 10.0. The molecule has 3 aliphatic rings. The SMILES string of the molecule is CC1(Cn2c(C3CC3)nc3c2CCNC3)CCCO1. The van der Waals surface area contributed by atoms with Gasteiger partial charge in [0.15, 0.2) is 0 Å². The van der Waals surface area contributed by atoms with Crippen LogP contribution in [0.25, 0.3) is 0 Å². The van der Waals surface area contributed by atoms with Crippen LogP contribution in [0.2, 0.25) is 0 Å². The largest absolute Gasteiger partial charge is 0.373 e. The van der Waals surface area contributed by atoms with E-state index >= 15 is 0 Å². The summed E-state index contributed by atoms with van der Waals surface area (Å²) in [5.41, 5.74) is 2.79. The van der Waals surface area contributed by atoms with E-state index in [0.717, 1.165) is 38.6 Å². The average Bonchev–Trinajstić information content (AvgIpc) is 3.08. The van der Waals surface area contributed by atoms with Gasteiger partial charge in [-0.3, -0.25) is 0 Å². The van der Waals surface area contributed by atoms with Gasteiger partial charge >= 0.3 is 0 Å². The minimum absolute atomic E-state index is 0.0307. The third-order valence-electron chi connectivity index (χ3n) is 4.75. The van der Waals surface area contributed by atoms with E-state index in [-0.39, 0.29) is 5.60 Å². The number of ether oxygens (including phenoxy) is 1. The molecule has 1 N–H and O–H groups in total. The predicted octanol–water partition coefficient (Wildman–Crippen LogP) is 1.98. The third-order valence-corrected chi connectivity index (χ3v) is 4.75. The van der Waals surface area contributed by atoms with E-state index in [1.165, 1.54) is 42.9 Å². The number of hydrogen-bond donors (Lipinski definition) is 1. The highest BCUT2D eigenvalue weighted by atomic mass is 16.5. The molecule has 1 atom stereocenters. The first-order chi connectivity index (χ1) is 9.25. The maximum absolute atomic E-state index is 6.00. The molecule has 4 heteroatoms. The first kappa shape index (κ1) is 11.9. The summed E-state index contributed by atoms with van der Waals surface area (Å²) in [6.45, 7) is 6.22. The highest BCUT2D eigenvalue weighted by molar-refractivity contribution is 5.24. The summed E-state index contributed by atoms with van der Waals surface area (Å²) >= 11 is 0. The lowest BCUT2D eigenvalue weighted by Gasteiger charge is -2.27. The number of fused-ring (bicyclic) bond motifs is 1. The summed E-state index contributed by atoms with van der Waals surface area (Å²) < 4.78 is 8.51. The molecule has 1 saturated heterocycles. The van der Waals surface area contributed by atoms with E-state index in [1.807, 2.05) is 0 Å². The van der Waals surface area contributed by atoms with Crippen molar-refractivity contribution in [2.75, 3.05) is 13.2 Å². The Morgan fingerprint density at radius 2 is 2.37 bits per heavy atom. The molecule has 0 radical (unpaired) electrons. The van der Waals surface area contributed by atoms with Crippen molar-refractivity contribution >= 4 is 0 Å². The normalized spacial score (nSPS) is 30.6. The van der Waals surface area contributed by atoms with Crippen LogP contribution in [0.5, 0.6) is 0 Å². The Bertz CT molecular complexity index is 484. The van der Waals surface area contributed by atoms with E-state index in [0.29, 0.717) is 0 Å². The van der Waals surface area contributed by atoms with Crippen LogP contribution in [-0.4, -0.2) is 28.3 Å². The van der Waals surface area contributed by atoms with E-state index in [2.05, 4.69) is 16.8 Å². The zero-order chi connectivity index (χ0) is 12.9. The molecule has 0 spiro atoms. The van der Waals surface area contributed by atoms with Crippen LogP contribution in [0.4, 0.5) is 0 Å². The lowest BCUT2D eigenvalue weighted by molar-refractivity contribution is 0.00502. The maximum atomic E-state index is 6.00. The van der Waals surface area contributed by atoms with Crippen molar-refractivity contribution < 1.29 is 4.74 Å². The Morgan fingerprint density at radius 1 is 1.47 bits per heavy atom. The molecule has 0 bridgehead atoms. The summed E-state index contributed by atoms with van der Waals surface area (Å²) in [7, 11) is 0. The van der Waals surface area contributed by atoms with Gasteiger partial charge in [0.05, 0.1) is 17.8 Å². The molecular formula is C15H23N3O. The molecule has 4 nitrogen and oxygen atoms in total. The van der Waals surface area contributed by atoms with E-state index in [9.17, 15) is 0 Å². The Morgan fingerprint density at radius 3 is 3.11 bits per heavy atom. The zero-order valence-electron chi connectivity index (χ0n) is 11.7. The van der Waals surface area contributed by atoms with E-state index < -0.39 is 0 Å². The van der Waals surface area contributed by atoms with Crippen LogP contribution in [-0.2, 0) is 24.2 Å². The summed E-state index contributed by atoms with van der Waals surface area (Å²) in [5, 5.41) is 3.44. The number of nitrogens with zero attached hydrogens (tertiary/aromatic N) is 2. The molecule has 1 saturated carbocycles. The molecular weight excluding hydrogens is 238 g/mol. The van der Waals surface area contributed by atoms with Crippen molar-refractivity contribution in [2.24, 2.45) is 0 Å². The molecule has 1 aromatic rings. The molecule has 1 unspecified atom stereocenters. The number of aromatic nitrogens is 2. The fourth-order valence-corrected chi connectivity index (χ4v) is 3.52. The van der Waals surface area contributed by atoms with Gasteiger partial charge in [-0.2, -0.15) is 0 Å². The van der Waals surface area contributed by atoms with Crippen LogP contribution in [0, 0.1) is 0 Å². The maximum Gasteiger partial charge on any atom is 0.112 e. The van der Waals surface area contributed by atoms with Crippen LogP contribution in [0.1, 0.15) is 55.7 Å². The topological polar surface area (TPSA) is 39.1 Å². The fraction of sp³-hybridized carbons (Fsp3) is 0.800. The first-order valence-corrected chi connectivity index (χ1v) is 7.68. The molecule has 104 valence electrons. The van der Waals surface area contributed by atoms with Gasteiger partial charge in [0.2, 0.25) is 0 Å². The van der Waals surface area contributed by atoms with Crippen LogP contribution >= 0.6 is 0 Å². The molecule has 2 fully saturated rings. The predicted molar refractivity (Wildman–Crippen MR) is 73.2 cm³/mol. The second-order valence-corrected chi connectivity index (χ2v) is 6.55. The molecule has 4 rings (SSSR count). The number of imidazole rings is 1. The summed E-state index contributed by atoms with van der Waals surface area (Å²) in [4.78, 5) is 4.93.